The van der Waals surface area contributed by atoms with Crippen LogP contribution in [0.1, 0.15) is 24.2 Å². The zero-order valence-corrected chi connectivity index (χ0v) is 10.9. The summed E-state index contributed by atoms with van der Waals surface area (Å²) >= 11 is 0. The van der Waals surface area contributed by atoms with Gasteiger partial charge >= 0.3 is 6.18 Å². The van der Waals surface area contributed by atoms with Gasteiger partial charge in [0.05, 0.1) is 17.9 Å². The largest absolute Gasteiger partial charge is 0.433 e. The second kappa shape index (κ2) is 5.67. The number of alkyl halides is 3. The highest BCUT2D eigenvalue weighted by Gasteiger charge is 2.32. The van der Waals surface area contributed by atoms with E-state index >= 15 is 0 Å². The van der Waals surface area contributed by atoms with Crippen LogP contribution in [-0.2, 0) is 6.18 Å². The van der Waals surface area contributed by atoms with Crippen LogP contribution in [0.2, 0.25) is 0 Å². The van der Waals surface area contributed by atoms with Crippen LogP contribution in [0.15, 0.2) is 36.5 Å². The van der Waals surface area contributed by atoms with Gasteiger partial charge in [0.1, 0.15) is 17.3 Å². The van der Waals surface area contributed by atoms with Crippen LogP contribution in [0.4, 0.5) is 27.6 Å². The van der Waals surface area contributed by atoms with Crippen molar-refractivity contribution in [3.63, 3.8) is 0 Å². The van der Waals surface area contributed by atoms with Crippen molar-refractivity contribution in [3.8, 4) is 0 Å². The molecule has 21 heavy (non-hydrogen) atoms. The van der Waals surface area contributed by atoms with Gasteiger partial charge in [0, 0.05) is 5.56 Å². The first-order valence-electron chi connectivity index (χ1n) is 6.02. The average Bonchev–Trinajstić information content (AvgIpc) is 2.38. The maximum absolute atomic E-state index is 13.6. The van der Waals surface area contributed by atoms with E-state index < -0.39 is 29.5 Å². The third-order valence-electron chi connectivity index (χ3n) is 2.87. The van der Waals surface area contributed by atoms with E-state index in [0.717, 1.165) is 30.5 Å². The van der Waals surface area contributed by atoms with Crippen molar-refractivity contribution in [2.75, 3.05) is 5.32 Å². The van der Waals surface area contributed by atoms with Crippen LogP contribution in [0.25, 0.3) is 0 Å². The maximum Gasteiger partial charge on any atom is 0.433 e. The van der Waals surface area contributed by atoms with Gasteiger partial charge in [-0.15, -0.1) is 0 Å². The Kier molecular flexibility index (Phi) is 4.11. The molecule has 1 N–H and O–H groups in total. The molecule has 2 nitrogen and oxygen atoms in total. The molecule has 1 atom stereocenters. The van der Waals surface area contributed by atoms with E-state index in [-0.39, 0.29) is 11.3 Å². The number of hydrogen-bond acceptors (Lipinski definition) is 2. The van der Waals surface area contributed by atoms with Crippen molar-refractivity contribution in [2.45, 2.75) is 19.1 Å². The normalized spacial score (nSPS) is 13.0. The van der Waals surface area contributed by atoms with Crippen LogP contribution >= 0.6 is 0 Å². The predicted octanol–water partition coefficient (Wildman–Crippen LogP) is 4.55. The summed E-state index contributed by atoms with van der Waals surface area (Å²) in [6.45, 7) is 1.50. The second-order valence-corrected chi connectivity index (χ2v) is 4.43. The van der Waals surface area contributed by atoms with E-state index in [1.54, 1.807) is 0 Å². The molecule has 0 saturated heterocycles. The van der Waals surface area contributed by atoms with Crippen LogP contribution in [0.3, 0.4) is 0 Å². The fourth-order valence-electron chi connectivity index (χ4n) is 1.89. The van der Waals surface area contributed by atoms with Crippen molar-refractivity contribution in [2.24, 2.45) is 0 Å². The highest BCUT2D eigenvalue weighted by Crippen LogP contribution is 2.29. The number of benzene rings is 1. The SMILES string of the molecule is CC(Nc1ccc(C(F)(F)F)nc1)c1c(F)cccc1F. The monoisotopic (exact) mass is 302 g/mol. The molecule has 0 aliphatic heterocycles. The third kappa shape index (κ3) is 3.48. The van der Waals surface area contributed by atoms with Crippen LogP contribution in [0, 0.1) is 11.6 Å². The molecule has 0 aliphatic rings. The van der Waals surface area contributed by atoms with Gasteiger partial charge in [0.2, 0.25) is 0 Å². The molecule has 0 spiro atoms. The Morgan fingerprint density at radius 2 is 1.67 bits per heavy atom. The minimum Gasteiger partial charge on any atom is -0.377 e. The van der Waals surface area contributed by atoms with Crippen molar-refractivity contribution in [3.05, 3.63) is 59.4 Å². The Labute approximate surface area is 117 Å². The van der Waals surface area contributed by atoms with E-state index in [0.29, 0.717) is 0 Å². The summed E-state index contributed by atoms with van der Waals surface area (Å²) < 4.78 is 64.3. The first-order valence-corrected chi connectivity index (χ1v) is 6.02. The van der Waals surface area contributed by atoms with Crippen LogP contribution in [0.5, 0.6) is 0 Å². The molecule has 112 valence electrons. The molecule has 0 bridgehead atoms. The van der Waals surface area contributed by atoms with E-state index in [1.165, 1.54) is 13.0 Å². The topological polar surface area (TPSA) is 24.9 Å². The summed E-state index contributed by atoms with van der Waals surface area (Å²) in [4.78, 5) is 3.27. The molecule has 0 aliphatic carbocycles. The minimum absolute atomic E-state index is 0.183. The Hall–Kier alpha value is -2.18. The zero-order valence-electron chi connectivity index (χ0n) is 10.9. The Morgan fingerprint density at radius 3 is 2.14 bits per heavy atom. The van der Waals surface area contributed by atoms with E-state index in [9.17, 15) is 22.0 Å². The minimum atomic E-state index is -4.53. The Bertz CT molecular complexity index is 602. The molecule has 7 heteroatoms. The number of nitrogens with one attached hydrogen (secondary N) is 1. The number of nitrogens with zero attached hydrogens (tertiary/aromatic N) is 1. The van der Waals surface area contributed by atoms with Crippen LogP contribution in [-0.4, -0.2) is 4.98 Å². The molecule has 0 saturated carbocycles. The summed E-state index contributed by atoms with van der Waals surface area (Å²) in [6, 6.07) is 4.66. The van der Waals surface area contributed by atoms with Gasteiger partial charge in [-0.25, -0.2) is 13.8 Å². The molecule has 1 unspecified atom stereocenters. The summed E-state index contributed by atoms with van der Waals surface area (Å²) in [5.74, 6) is -1.45. The van der Waals surface area contributed by atoms with E-state index in [2.05, 4.69) is 10.3 Å². The molecule has 0 radical (unpaired) electrons. The zero-order chi connectivity index (χ0) is 15.6. The number of pyridine rings is 1. The first-order chi connectivity index (χ1) is 9.79. The van der Waals surface area contributed by atoms with Gasteiger partial charge < -0.3 is 5.32 Å². The van der Waals surface area contributed by atoms with Crippen molar-refractivity contribution in [1.82, 2.24) is 4.98 Å². The van der Waals surface area contributed by atoms with Gasteiger partial charge in [-0.2, -0.15) is 13.2 Å². The van der Waals surface area contributed by atoms with Gasteiger partial charge in [-0.1, -0.05) is 6.07 Å². The summed E-state index contributed by atoms with van der Waals surface area (Å²) in [5, 5.41) is 2.71. The molecule has 0 fully saturated rings. The first kappa shape index (κ1) is 15.2. The highest BCUT2D eigenvalue weighted by atomic mass is 19.4. The Balaban J connectivity index is 2.18. The van der Waals surface area contributed by atoms with Gasteiger partial charge in [-0.05, 0) is 31.2 Å². The molecule has 2 rings (SSSR count). The highest BCUT2D eigenvalue weighted by molar-refractivity contribution is 5.44. The van der Waals surface area contributed by atoms with Crippen molar-refractivity contribution < 1.29 is 22.0 Å². The standard InChI is InChI=1S/C14H11F5N2/c1-8(13-10(15)3-2-4-11(13)16)21-9-5-6-12(20-7-9)14(17,18)19/h2-8,21H,1H3. The van der Waals surface area contributed by atoms with Crippen LogP contribution < -0.4 is 5.32 Å². The van der Waals surface area contributed by atoms with Gasteiger partial charge in [0.15, 0.2) is 0 Å². The van der Waals surface area contributed by atoms with Gasteiger partial charge in [-0.3, -0.25) is 0 Å². The number of halogens is 5. The lowest BCUT2D eigenvalue weighted by molar-refractivity contribution is -0.141. The average molecular weight is 302 g/mol. The maximum atomic E-state index is 13.6. The summed E-state index contributed by atoms with van der Waals surface area (Å²) in [6.07, 6.45) is -3.56. The lowest BCUT2D eigenvalue weighted by Crippen LogP contribution is -2.12. The molecule has 1 aromatic heterocycles. The number of rotatable bonds is 3. The quantitative estimate of drug-likeness (QED) is 0.841. The smallest absolute Gasteiger partial charge is 0.377 e. The van der Waals surface area contributed by atoms with Crippen molar-refractivity contribution in [1.29, 1.82) is 0 Å². The molecular weight excluding hydrogens is 291 g/mol. The fourth-order valence-corrected chi connectivity index (χ4v) is 1.89. The lowest BCUT2D eigenvalue weighted by atomic mass is 10.1. The molecular formula is C14H11F5N2. The summed E-state index contributed by atoms with van der Waals surface area (Å²) in [5.41, 5.74) is -0.978. The van der Waals surface area contributed by atoms with E-state index in [4.69, 9.17) is 0 Å². The lowest BCUT2D eigenvalue weighted by Gasteiger charge is -2.17. The fraction of sp³-hybridized carbons (Fsp3) is 0.214. The van der Waals surface area contributed by atoms with E-state index in [1.807, 2.05) is 0 Å². The predicted molar refractivity (Wildman–Crippen MR) is 67.6 cm³/mol. The Morgan fingerprint density at radius 1 is 1.05 bits per heavy atom. The number of anilines is 1. The van der Waals surface area contributed by atoms with Gasteiger partial charge in [0.25, 0.3) is 0 Å². The van der Waals surface area contributed by atoms with Crippen molar-refractivity contribution >= 4 is 5.69 Å². The number of hydrogen-bond donors (Lipinski definition) is 1. The second-order valence-electron chi connectivity index (χ2n) is 4.43. The molecule has 2 aromatic rings. The third-order valence-corrected chi connectivity index (χ3v) is 2.87. The molecule has 1 heterocycles. The molecule has 1 aromatic carbocycles. The number of aromatic nitrogens is 1. The summed E-state index contributed by atoms with van der Waals surface area (Å²) in [7, 11) is 0. The molecule has 0 amide bonds.